The minimum absolute atomic E-state index is 0.0148. The number of imidazole rings is 1. The first-order valence-corrected chi connectivity index (χ1v) is 11.7. The van der Waals surface area contributed by atoms with Crippen LogP contribution in [-0.4, -0.2) is 107 Å². The summed E-state index contributed by atoms with van der Waals surface area (Å²) in [6.07, 6.45) is -5.06. The number of aromatic amines is 1. The molecule has 16 heteroatoms. The van der Waals surface area contributed by atoms with Gasteiger partial charge in [0.25, 0.3) is 5.91 Å². The molecule has 2 aromatic heterocycles. The van der Waals surface area contributed by atoms with Crippen molar-refractivity contribution in [1.29, 1.82) is 0 Å². The van der Waals surface area contributed by atoms with Crippen molar-refractivity contribution in [2.45, 2.75) is 45.3 Å². The van der Waals surface area contributed by atoms with Crippen LogP contribution in [0.15, 0.2) is 4.79 Å². The van der Waals surface area contributed by atoms with E-state index in [1.54, 1.807) is 0 Å². The third-order valence-electron chi connectivity index (χ3n) is 5.46. The van der Waals surface area contributed by atoms with Gasteiger partial charge in [-0.3, -0.25) is 28.7 Å². The number of fused-ring (bicyclic) bond motifs is 1. The molecular formula is C22H32N7O9+. The number of hydrogen-bond donors (Lipinski definition) is 3. The molecule has 4 atom stereocenters. The third kappa shape index (κ3) is 6.63. The Labute approximate surface area is 217 Å². The van der Waals surface area contributed by atoms with E-state index in [1.165, 1.54) is 6.92 Å². The number of carbonyl (C=O) groups is 4. The van der Waals surface area contributed by atoms with Gasteiger partial charge >= 0.3 is 23.6 Å². The van der Waals surface area contributed by atoms with E-state index in [9.17, 15) is 24.0 Å². The predicted molar refractivity (Wildman–Crippen MR) is 129 cm³/mol. The summed E-state index contributed by atoms with van der Waals surface area (Å²) < 4.78 is 23.6. The van der Waals surface area contributed by atoms with Crippen LogP contribution < -0.4 is 16.7 Å². The van der Waals surface area contributed by atoms with Gasteiger partial charge in [0.05, 0.1) is 34.2 Å². The zero-order valence-corrected chi connectivity index (χ0v) is 22.0. The van der Waals surface area contributed by atoms with Gasteiger partial charge in [-0.15, -0.1) is 0 Å². The average Bonchev–Trinajstić information content (AvgIpc) is 3.29. The smallest absolute Gasteiger partial charge is 0.348 e. The molecule has 208 valence electrons. The molecule has 0 unspecified atom stereocenters. The first-order valence-electron chi connectivity index (χ1n) is 11.7. The van der Waals surface area contributed by atoms with Gasteiger partial charge in [-0.25, -0.2) is 9.78 Å². The normalized spacial score (nSPS) is 21.2. The number of aromatic nitrogens is 4. The molecule has 0 radical (unpaired) electrons. The molecule has 0 saturated carbocycles. The highest BCUT2D eigenvalue weighted by Crippen LogP contribution is 2.37. The molecule has 0 aliphatic carbocycles. The molecule has 0 bridgehead atoms. The van der Waals surface area contributed by atoms with Gasteiger partial charge in [0.15, 0.2) is 24.1 Å². The number of nitrogens with two attached hydrogens (primary N) is 1. The lowest BCUT2D eigenvalue weighted by atomic mass is 10.1. The van der Waals surface area contributed by atoms with E-state index >= 15 is 0 Å². The van der Waals surface area contributed by atoms with E-state index in [0.29, 0.717) is 11.0 Å². The Morgan fingerprint density at radius 2 is 1.68 bits per heavy atom. The summed E-state index contributed by atoms with van der Waals surface area (Å²) in [5, 5.41) is 2.75. The van der Waals surface area contributed by atoms with Crippen molar-refractivity contribution >= 4 is 40.8 Å². The maximum atomic E-state index is 13.3. The predicted octanol–water partition coefficient (Wildman–Crippen LogP) is -1.54. The van der Waals surface area contributed by atoms with Crippen LogP contribution in [0.3, 0.4) is 0 Å². The van der Waals surface area contributed by atoms with Crippen LogP contribution in [0.1, 0.15) is 37.6 Å². The van der Waals surface area contributed by atoms with Gasteiger partial charge in [0.1, 0.15) is 24.0 Å². The standard InChI is InChI=1S/C22H31N7O9/c1-10(30)35-9-13-15(36-11(2)31)16(37-12(3)32)21(38-13)28-18-14(17(23)26-22(34)27-18)25-19(28)20(33)24-7-8-29(4,5)6/h13,15-16,21H,7-9H2,1-6H3,(H3-,23,24,26,27,33,34)/p+1/t13-,15-,16-,21-/m1/s1. The quantitative estimate of drug-likeness (QED) is 0.189. The number of rotatable bonds is 9. The lowest BCUT2D eigenvalue weighted by Gasteiger charge is -2.25. The van der Waals surface area contributed by atoms with Crippen LogP contribution in [0.25, 0.3) is 11.2 Å². The topological polar surface area (TPSA) is 207 Å². The lowest BCUT2D eigenvalue weighted by molar-refractivity contribution is -0.869. The SMILES string of the molecule is CC(=O)OC[C@H]1O[C@@H](n2c(C(=O)NCC[N+](C)(C)C)nc3c(N)[nH]c(=O)nc32)[C@H](OC(C)=O)[C@@H]1OC(C)=O. The van der Waals surface area contributed by atoms with Crippen molar-refractivity contribution < 1.29 is 42.6 Å². The molecule has 1 aliphatic rings. The number of ether oxygens (including phenoxy) is 4. The summed E-state index contributed by atoms with van der Waals surface area (Å²) in [4.78, 5) is 71.4. The number of hydrogen-bond acceptors (Lipinski definition) is 12. The van der Waals surface area contributed by atoms with Crippen LogP contribution >= 0.6 is 0 Å². The van der Waals surface area contributed by atoms with E-state index in [4.69, 9.17) is 24.7 Å². The summed E-state index contributed by atoms with van der Waals surface area (Å²) in [5.74, 6) is -3.17. The first-order chi connectivity index (χ1) is 17.7. The molecule has 0 aromatic carbocycles. The van der Waals surface area contributed by atoms with E-state index in [1.807, 2.05) is 21.1 Å². The number of anilines is 1. The second-order valence-corrected chi connectivity index (χ2v) is 9.72. The zero-order valence-electron chi connectivity index (χ0n) is 22.0. The molecule has 3 rings (SSSR count). The monoisotopic (exact) mass is 538 g/mol. The highest BCUT2D eigenvalue weighted by molar-refractivity contribution is 5.96. The Hall–Kier alpha value is -4.05. The van der Waals surface area contributed by atoms with Gasteiger partial charge in [0, 0.05) is 20.8 Å². The van der Waals surface area contributed by atoms with Crippen LogP contribution in [0.4, 0.5) is 5.82 Å². The maximum absolute atomic E-state index is 13.3. The molecule has 1 amide bonds. The van der Waals surface area contributed by atoms with Gasteiger partial charge in [-0.05, 0) is 0 Å². The Morgan fingerprint density at radius 3 is 2.26 bits per heavy atom. The largest absolute Gasteiger partial charge is 0.463 e. The fourth-order valence-electron chi connectivity index (χ4n) is 3.90. The third-order valence-corrected chi connectivity index (χ3v) is 5.46. The second kappa shape index (κ2) is 11.1. The van der Waals surface area contributed by atoms with Gasteiger partial charge < -0.3 is 34.5 Å². The zero-order chi connectivity index (χ0) is 28.4. The van der Waals surface area contributed by atoms with Crippen molar-refractivity contribution in [2.75, 3.05) is 46.6 Å². The van der Waals surface area contributed by atoms with Crippen molar-refractivity contribution in [3.8, 4) is 0 Å². The average molecular weight is 539 g/mol. The van der Waals surface area contributed by atoms with Crippen molar-refractivity contribution in [2.24, 2.45) is 0 Å². The molecule has 3 heterocycles. The molecule has 2 aromatic rings. The first kappa shape index (κ1) is 28.5. The highest BCUT2D eigenvalue weighted by Gasteiger charge is 2.52. The molecule has 0 spiro atoms. The van der Waals surface area contributed by atoms with Crippen molar-refractivity contribution in [1.82, 2.24) is 24.8 Å². The van der Waals surface area contributed by atoms with E-state index < -0.39 is 54.0 Å². The summed E-state index contributed by atoms with van der Waals surface area (Å²) in [6.45, 7) is 3.94. The number of esters is 3. The number of carbonyl (C=O) groups excluding carboxylic acids is 4. The molecule has 1 saturated heterocycles. The molecular weight excluding hydrogens is 506 g/mol. The van der Waals surface area contributed by atoms with E-state index in [0.717, 1.165) is 18.4 Å². The van der Waals surface area contributed by atoms with Gasteiger partial charge in [-0.2, -0.15) is 4.98 Å². The summed E-state index contributed by atoms with van der Waals surface area (Å²) >= 11 is 0. The second-order valence-electron chi connectivity index (χ2n) is 9.72. The molecule has 16 nitrogen and oxygen atoms in total. The Balaban J connectivity index is 2.15. The lowest BCUT2D eigenvalue weighted by Crippen LogP contribution is -2.43. The van der Waals surface area contributed by atoms with E-state index in [2.05, 4.69) is 20.3 Å². The Kier molecular flexibility index (Phi) is 8.36. The number of nitrogens with one attached hydrogen (secondary N) is 2. The van der Waals surface area contributed by atoms with Crippen molar-refractivity contribution in [3.05, 3.63) is 16.3 Å². The number of amides is 1. The van der Waals surface area contributed by atoms with Crippen LogP contribution in [-0.2, 0) is 33.3 Å². The number of H-pyrrole nitrogens is 1. The Bertz CT molecular complexity index is 1300. The maximum Gasteiger partial charge on any atom is 0.348 e. The minimum Gasteiger partial charge on any atom is -0.463 e. The molecule has 4 N–H and O–H groups in total. The molecule has 1 aliphatic heterocycles. The molecule has 38 heavy (non-hydrogen) atoms. The van der Waals surface area contributed by atoms with E-state index in [-0.39, 0.29) is 36.0 Å². The highest BCUT2D eigenvalue weighted by atomic mass is 16.7. The fourth-order valence-corrected chi connectivity index (χ4v) is 3.90. The van der Waals surface area contributed by atoms with Gasteiger partial charge in [0.2, 0.25) is 5.82 Å². The molecule has 1 fully saturated rings. The van der Waals surface area contributed by atoms with Crippen LogP contribution in [0, 0.1) is 0 Å². The van der Waals surface area contributed by atoms with Gasteiger partial charge in [-0.1, -0.05) is 0 Å². The summed E-state index contributed by atoms with van der Waals surface area (Å²) in [7, 11) is 5.85. The van der Waals surface area contributed by atoms with Crippen LogP contribution in [0.2, 0.25) is 0 Å². The summed E-state index contributed by atoms with van der Waals surface area (Å²) in [6, 6.07) is 0. The van der Waals surface area contributed by atoms with Crippen LogP contribution in [0.5, 0.6) is 0 Å². The van der Waals surface area contributed by atoms with Crippen molar-refractivity contribution in [3.63, 3.8) is 0 Å². The fraction of sp³-hybridized carbons (Fsp3) is 0.591. The summed E-state index contributed by atoms with van der Waals surface area (Å²) in [5.41, 5.74) is 4.97. The number of nitrogen functional groups attached to an aromatic ring is 1. The number of quaternary nitrogens is 1. The number of likely N-dealkylation sites (N-methyl/N-ethyl adjacent to an activating group) is 1. The minimum atomic E-state index is -1.37. The number of nitrogens with zero attached hydrogens (tertiary/aromatic N) is 4. The Morgan fingerprint density at radius 1 is 1.05 bits per heavy atom.